The Hall–Kier alpha value is -2.90. The second kappa shape index (κ2) is 9.73. The predicted molar refractivity (Wildman–Crippen MR) is 124 cm³/mol. The van der Waals surface area contributed by atoms with Crippen molar-refractivity contribution >= 4 is 47.0 Å². The molecule has 3 rings (SSSR count). The minimum absolute atomic E-state index is 0.0350. The Morgan fingerprint density at radius 2 is 1.93 bits per heavy atom. The number of thiocarbonyl (C=S) groups is 1. The molecule has 0 spiro atoms. The van der Waals surface area contributed by atoms with Crippen LogP contribution in [0.1, 0.15) is 16.7 Å². The number of carbonyl (C=O) groups is 2. The van der Waals surface area contributed by atoms with Gasteiger partial charge in [-0.3, -0.25) is 19.8 Å². The zero-order valence-corrected chi connectivity index (χ0v) is 18.4. The van der Waals surface area contributed by atoms with E-state index in [-0.39, 0.29) is 17.2 Å². The van der Waals surface area contributed by atoms with Crippen LogP contribution < -0.4 is 10.1 Å². The first-order valence-electron chi connectivity index (χ1n) is 9.29. The van der Waals surface area contributed by atoms with Crippen LogP contribution in [-0.2, 0) is 15.3 Å². The van der Waals surface area contributed by atoms with Crippen molar-refractivity contribution in [3.63, 3.8) is 0 Å². The van der Waals surface area contributed by atoms with Crippen LogP contribution in [0.25, 0.3) is 6.08 Å². The van der Waals surface area contributed by atoms with E-state index in [2.05, 4.69) is 43.1 Å². The third-order valence-electron chi connectivity index (χ3n) is 4.53. The van der Waals surface area contributed by atoms with Crippen molar-refractivity contribution in [3.8, 4) is 5.75 Å². The number of amides is 2. The highest BCUT2D eigenvalue weighted by Gasteiger charge is 2.32. The SMILES string of the molecule is C=CCN1C(=O)/C(=C/c2ccc(OC)c(CSc3ccc(C)cc3)c2)C(=O)NC1=S. The molecule has 2 aromatic carbocycles. The van der Waals surface area contributed by atoms with E-state index < -0.39 is 11.8 Å². The molecule has 30 heavy (non-hydrogen) atoms. The second-order valence-electron chi connectivity index (χ2n) is 6.69. The Morgan fingerprint density at radius 1 is 1.20 bits per heavy atom. The van der Waals surface area contributed by atoms with Gasteiger partial charge in [0.1, 0.15) is 11.3 Å². The van der Waals surface area contributed by atoms with Gasteiger partial charge >= 0.3 is 0 Å². The van der Waals surface area contributed by atoms with E-state index in [4.69, 9.17) is 17.0 Å². The van der Waals surface area contributed by atoms with Gasteiger partial charge in [0.15, 0.2) is 5.11 Å². The van der Waals surface area contributed by atoms with Gasteiger partial charge in [0, 0.05) is 22.8 Å². The number of thioether (sulfide) groups is 1. The Kier molecular flexibility index (Phi) is 7.07. The minimum Gasteiger partial charge on any atom is -0.496 e. The van der Waals surface area contributed by atoms with E-state index in [1.807, 2.05) is 18.2 Å². The lowest BCUT2D eigenvalue weighted by molar-refractivity contribution is -0.128. The summed E-state index contributed by atoms with van der Waals surface area (Å²) in [6, 6.07) is 13.9. The molecule has 1 fully saturated rings. The molecule has 0 aliphatic carbocycles. The number of aryl methyl sites for hydroxylation is 1. The van der Waals surface area contributed by atoms with E-state index in [9.17, 15) is 9.59 Å². The number of ether oxygens (including phenoxy) is 1. The highest BCUT2D eigenvalue weighted by Crippen LogP contribution is 2.30. The average molecular weight is 439 g/mol. The summed E-state index contributed by atoms with van der Waals surface area (Å²) in [5, 5.41) is 2.65. The molecule has 1 aliphatic rings. The van der Waals surface area contributed by atoms with E-state index in [1.165, 1.54) is 10.5 Å². The zero-order valence-electron chi connectivity index (χ0n) is 16.8. The van der Waals surface area contributed by atoms with Crippen molar-refractivity contribution in [2.75, 3.05) is 13.7 Å². The number of hydrogen-bond donors (Lipinski definition) is 1. The number of benzene rings is 2. The van der Waals surface area contributed by atoms with Crippen LogP contribution in [0, 0.1) is 6.92 Å². The highest BCUT2D eigenvalue weighted by molar-refractivity contribution is 7.98. The number of hydrogen-bond acceptors (Lipinski definition) is 5. The van der Waals surface area contributed by atoms with Gasteiger partial charge in [-0.15, -0.1) is 18.3 Å². The molecular weight excluding hydrogens is 416 g/mol. The van der Waals surface area contributed by atoms with Crippen molar-refractivity contribution in [2.24, 2.45) is 0 Å². The summed E-state index contributed by atoms with van der Waals surface area (Å²) < 4.78 is 5.49. The number of carbonyl (C=O) groups excluding carboxylic acids is 2. The second-order valence-corrected chi connectivity index (χ2v) is 8.13. The third-order valence-corrected chi connectivity index (χ3v) is 5.91. The fourth-order valence-corrected chi connectivity index (χ4v) is 4.08. The van der Waals surface area contributed by atoms with Crippen LogP contribution in [0.3, 0.4) is 0 Å². The standard InChI is InChI=1S/C23H22N2O3S2/c1-4-11-25-22(27)19(21(26)24-23(25)29)13-16-7-10-20(28-3)17(12-16)14-30-18-8-5-15(2)6-9-18/h4-10,12-13H,1,11,14H2,2-3H3,(H,24,26,29)/b19-13+. The van der Waals surface area contributed by atoms with Crippen LogP contribution in [0.4, 0.5) is 0 Å². The van der Waals surface area contributed by atoms with Gasteiger partial charge in [-0.2, -0.15) is 0 Å². The third kappa shape index (κ3) is 4.98. The molecule has 2 amide bonds. The molecule has 154 valence electrons. The lowest BCUT2D eigenvalue weighted by Gasteiger charge is -2.27. The summed E-state index contributed by atoms with van der Waals surface area (Å²) in [7, 11) is 1.62. The maximum atomic E-state index is 12.7. The molecule has 5 nitrogen and oxygen atoms in total. The number of rotatable bonds is 7. The number of methoxy groups -OCH3 is 1. The fourth-order valence-electron chi connectivity index (χ4n) is 2.95. The molecule has 0 radical (unpaired) electrons. The average Bonchev–Trinajstić information content (AvgIpc) is 2.74. The fraction of sp³-hybridized carbons (Fsp3) is 0.174. The van der Waals surface area contributed by atoms with Crippen LogP contribution in [0.2, 0.25) is 0 Å². The molecular formula is C23H22N2O3S2. The minimum atomic E-state index is -0.503. The number of nitrogens with one attached hydrogen (secondary N) is 1. The van der Waals surface area contributed by atoms with E-state index in [0.717, 1.165) is 21.8 Å². The molecule has 2 aromatic rings. The van der Waals surface area contributed by atoms with Gasteiger partial charge in [-0.25, -0.2) is 0 Å². The highest BCUT2D eigenvalue weighted by atomic mass is 32.2. The molecule has 1 N–H and O–H groups in total. The lowest BCUT2D eigenvalue weighted by Crippen LogP contribution is -2.53. The van der Waals surface area contributed by atoms with Crippen molar-refractivity contribution in [3.05, 3.63) is 77.4 Å². The van der Waals surface area contributed by atoms with Gasteiger partial charge in [-0.05, 0) is 55.0 Å². The molecule has 0 bridgehead atoms. The molecule has 0 atom stereocenters. The van der Waals surface area contributed by atoms with Crippen LogP contribution in [0.5, 0.6) is 5.75 Å². The Bertz CT molecular complexity index is 1030. The molecule has 0 saturated carbocycles. The zero-order chi connectivity index (χ0) is 21.7. The first-order chi connectivity index (χ1) is 14.4. The van der Waals surface area contributed by atoms with E-state index in [0.29, 0.717) is 5.75 Å². The summed E-state index contributed by atoms with van der Waals surface area (Å²) in [6.07, 6.45) is 3.14. The Labute approximate surface area is 185 Å². The van der Waals surface area contributed by atoms with Crippen molar-refractivity contribution < 1.29 is 14.3 Å². The van der Waals surface area contributed by atoms with Crippen LogP contribution in [-0.4, -0.2) is 35.5 Å². The van der Waals surface area contributed by atoms with E-state index in [1.54, 1.807) is 31.0 Å². The van der Waals surface area contributed by atoms with Gasteiger partial charge in [-0.1, -0.05) is 29.8 Å². The van der Waals surface area contributed by atoms with Crippen LogP contribution in [0.15, 0.2) is 65.6 Å². The molecule has 0 unspecified atom stereocenters. The summed E-state index contributed by atoms with van der Waals surface area (Å²) >= 11 is 6.78. The van der Waals surface area contributed by atoms with Gasteiger partial charge in [0.05, 0.1) is 7.11 Å². The van der Waals surface area contributed by atoms with E-state index >= 15 is 0 Å². The molecule has 7 heteroatoms. The summed E-state index contributed by atoms with van der Waals surface area (Å²) in [6.45, 7) is 5.92. The first-order valence-corrected chi connectivity index (χ1v) is 10.7. The molecule has 1 aliphatic heterocycles. The predicted octanol–water partition coefficient (Wildman–Crippen LogP) is 4.11. The summed E-state index contributed by atoms with van der Waals surface area (Å²) in [5.74, 6) is 0.508. The first kappa shape index (κ1) is 21.8. The normalized spacial score (nSPS) is 15.3. The number of nitrogens with zero attached hydrogens (tertiary/aromatic N) is 1. The smallest absolute Gasteiger partial charge is 0.265 e. The van der Waals surface area contributed by atoms with Gasteiger partial charge in [0.25, 0.3) is 11.8 Å². The maximum Gasteiger partial charge on any atom is 0.265 e. The largest absolute Gasteiger partial charge is 0.496 e. The Morgan fingerprint density at radius 3 is 2.60 bits per heavy atom. The monoisotopic (exact) mass is 438 g/mol. The van der Waals surface area contributed by atoms with Gasteiger partial charge < -0.3 is 4.74 Å². The van der Waals surface area contributed by atoms with Crippen molar-refractivity contribution in [2.45, 2.75) is 17.6 Å². The maximum absolute atomic E-state index is 12.7. The molecule has 0 aromatic heterocycles. The van der Waals surface area contributed by atoms with Crippen molar-refractivity contribution in [1.82, 2.24) is 10.2 Å². The summed E-state index contributed by atoms with van der Waals surface area (Å²) in [4.78, 5) is 27.5. The van der Waals surface area contributed by atoms with Crippen LogP contribution >= 0.6 is 24.0 Å². The van der Waals surface area contributed by atoms with Crippen molar-refractivity contribution in [1.29, 1.82) is 0 Å². The molecule has 1 saturated heterocycles. The summed E-state index contributed by atoms with van der Waals surface area (Å²) in [5.41, 5.74) is 2.96. The van der Waals surface area contributed by atoms with Gasteiger partial charge in [0.2, 0.25) is 0 Å². The lowest BCUT2D eigenvalue weighted by atomic mass is 10.0. The topological polar surface area (TPSA) is 58.6 Å². The molecule has 1 heterocycles. The Balaban J connectivity index is 1.86. The quantitative estimate of drug-likeness (QED) is 0.232.